The summed E-state index contributed by atoms with van der Waals surface area (Å²) < 4.78 is 0. The topological polar surface area (TPSA) is 0 Å². The minimum Gasteiger partial charge on any atom is -0.0616 e. The Hall–Kier alpha value is -6.76. The van der Waals surface area contributed by atoms with Gasteiger partial charge in [-0.15, -0.1) is 0 Å². The largest absolute Gasteiger partial charge is 0.0616 e. The Labute approximate surface area is 300 Å². The summed E-state index contributed by atoms with van der Waals surface area (Å²) in [5.41, 5.74) is 7.58. The molecule has 0 bridgehead atoms. The van der Waals surface area contributed by atoms with Crippen LogP contribution in [0.4, 0.5) is 0 Å². The lowest BCUT2D eigenvalue weighted by atomic mass is 9.83. The van der Waals surface area contributed by atoms with Crippen molar-refractivity contribution in [2.24, 2.45) is 0 Å². The molecular formula is C52H30. The fourth-order valence-corrected chi connectivity index (χ4v) is 9.40. The highest BCUT2D eigenvalue weighted by Gasteiger charge is 2.19. The van der Waals surface area contributed by atoms with Crippen LogP contribution in [0.2, 0.25) is 0 Å². The Morgan fingerprint density at radius 3 is 0.962 bits per heavy atom. The number of hydrogen-bond acceptors (Lipinski definition) is 0. The Kier molecular flexibility index (Phi) is 5.59. The third kappa shape index (κ3) is 3.81. The van der Waals surface area contributed by atoms with Crippen LogP contribution in [0.5, 0.6) is 0 Å². The third-order valence-electron chi connectivity index (χ3n) is 11.7. The van der Waals surface area contributed by atoms with Gasteiger partial charge in [-0.25, -0.2) is 0 Å². The second-order valence-corrected chi connectivity index (χ2v) is 14.4. The Morgan fingerprint density at radius 1 is 0.173 bits per heavy atom. The first-order valence-electron chi connectivity index (χ1n) is 18.2. The molecule has 0 spiro atoms. The van der Waals surface area contributed by atoms with Crippen LogP contribution in [-0.4, -0.2) is 0 Å². The highest BCUT2D eigenvalue weighted by Crippen LogP contribution is 2.47. The summed E-state index contributed by atoms with van der Waals surface area (Å²) in [6, 6.07) is 68.3. The SMILES string of the molecule is c1ccc2cc(-c3ccc4ccc5cccc6ccc3c4c56)c(-c3ccc(-c4ccc5ccc6cccc7ccc4c5c67)c4ccccc34)cc2c1. The van der Waals surface area contributed by atoms with E-state index in [9.17, 15) is 0 Å². The highest BCUT2D eigenvalue weighted by molar-refractivity contribution is 6.28. The third-order valence-corrected chi connectivity index (χ3v) is 11.7. The fourth-order valence-electron chi connectivity index (χ4n) is 9.40. The lowest BCUT2D eigenvalue weighted by Gasteiger charge is -2.20. The van der Waals surface area contributed by atoms with Gasteiger partial charge in [-0.3, -0.25) is 0 Å². The van der Waals surface area contributed by atoms with Crippen LogP contribution in [0.15, 0.2) is 182 Å². The molecule has 0 aliphatic rings. The second kappa shape index (κ2) is 10.4. The van der Waals surface area contributed by atoms with E-state index in [0.717, 1.165) is 0 Å². The smallest absolute Gasteiger partial charge is 0.00206 e. The highest BCUT2D eigenvalue weighted by atomic mass is 14.2. The molecule has 0 radical (unpaired) electrons. The maximum absolute atomic E-state index is 2.42. The van der Waals surface area contributed by atoms with E-state index in [1.54, 1.807) is 0 Å². The van der Waals surface area contributed by atoms with Crippen molar-refractivity contribution < 1.29 is 0 Å². The van der Waals surface area contributed by atoms with Crippen molar-refractivity contribution in [2.75, 3.05) is 0 Å². The van der Waals surface area contributed by atoms with Crippen LogP contribution >= 0.6 is 0 Å². The van der Waals surface area contributed by atoms with Crippen LogP contribution < -0.4 is 0 Å². The van der Waals surface area contributed by atoms with Crippen molar-refractivity contribution in [3.63, 3.8) is 0 Å². The Bertz CT molecular complexity index is 3370. The first-order chi connectivity index (χ1) is 25.8. The van der Waals surface area contributed by atoms with Gasteiger partial charge in [0.2, 0.25) is 0 Å². The minimum atomic E-state index is 1.25. The van der Waals surface area contributed by atoms with Gasteiger partial charge in [0, 0.05) is 0 Å². The van der Waals surface area contributed by atoms with Crippen molar-refractivity contribution in [3.8, 4) is 33.4 Å². The molecule has 0 aliphatic carbocycles. The molecule has 12 aromatic rings. The molecule has 0 aromatic heterocycles. The Morgan fingerprint density at radius 2 is 0.481 bits per heavy atom. The van der Waals surface area contributed by atoms with Gasteiger partial charge < -0.3 is 0 Å². The van der Waals surface area contributed by atoms with Gasteiger partial charge in [0.05, 0.1) is 0 Å². The summed E-state index contributed by atoms with van der Waals surface area (Å²) in [6.45, 7) is 0. The van der Waals surface area contributed by atoms with E-state index < -0.39 is 0 Å². The average molecular weight is 655 g/mol. The maximum Gasteiger partial charge on any atom is -0.00206 e. The number of benzene rings is 12. The van der Waals surface area contributed by atoms with Crippen LogP contribution in [0, 0.1) is 0 Å². The molecule has 0 saturated heterocycles. The normalized spacial score (nSPS) is 12.2. The quantitative estimate of drug-likeness (QED) is 0.166. The van der Waals surface area contributed by atoms with Crippen LogP contribution in [-0.2, 0) is 0 Å². The predicted molar refractivity (Wildman–Crippen MR) is 225 cm³/mol. The molecule has 0 fully saturated rings. The molecule has 0 amide bonds. The number of rotatable bonds is 3. The van der Waals surface area contributed by atoms with Crippen LogP contribution in [0.25, 0.3) is 120 Å². The standard InChI is InChI=1S/C52H30/c1-2-8-38-30-48(44-24-20-36-18-16-32-10-6-12-34-22-26-46(44)52(36)50(32)34)47(29-37(38)7-1)43-28-27-41(39-13-3-4-14-40(39)43)42-23-19-35-17-15-31-9-5-11-33-21-25-45(42)51(35)49(31)33/h1-30H. The van der Waals surface area contributed by atoms with Crippen molar-refractivity contribution in [1.29, 1.82) is 0 Å². The van der Waals surface area contributed by atoms with Crippen LogP contribution in [0.1, 0.15) is 0 Å². The van der Waals surface area contributed by atoms with Crippen molar-refractivity contribution >= 4 is 86.2 Å². The van der Waals surface area contributed by atoms with E-state index in [1.807, 2.05) is 0 Å². The fraction of sp³-hybridized carbons (Fsp3) is 0. The predicted octanol–water partition coefficient (Wildman–Crippen LogP) is 14.8. The van der Waals surface area contributed by atoms with Crippen molar-refractivity contribution in [2.45, 2.75) is 0 Å². The molecular weight excluding hydrogens is 625 g/mol. The van der Waals surface area contributed by atoms with Gasteiger partial charge in [-0.05, 0) is 132 Å². The Balaban J connectivity index is 1.14. The lowest BCUT2D eigenvalue weighted by Crippen LogP contribution is -1.93. The van der Waals surface area contributed by atoms with E-state index in [4.69, 9.17) is 0 Å². The molecule has 12 aromatic carbocycles. The average Bonchev–Trinajstić information content (AvgIpc) is 3.21. The molecule has 52 heavy (non-hydrogen) atoms. The zero-order valence-corrected chi connectivity index (χ0v) is 28.3. The number of hydrogen-bond donors (Lipinski definition) is 0. The summed E-state index contributed by atoms with van der Waals surface area (Å²) in [5.74, 6) is 0. The summed E-state index contributed by atoms with van der Waals surface area (Å²) in [7, 11) is 0. The molecule has 0 nitrogen and oxygen atoms in total. The van der Waals surface area contributed by atoms with E-state index >= 15 is 0 Å². The molecule has 0 heteroatoms. The summed E-state index contributed by atoms with van der Waals surface area (Å²) in [5, 5.41) is 20.8. The zero-order valence-electron chi connectivity index (χ0n) is 28.3. The summed E-state index contributed by atoms with van der Waals surface area (Å²) in [4.78, 5) is 0. The zero-order chi connectivity index (χ0) is 33.9. The monoisotopic (exact) mass is 654 g/mol. The first kappa shape index (κ1) is 28.0. The molecule has 0 saturated carbocycles. The molecule has 0 N–H and O–H groups in total. The molecule has 0 aliphatic heterocycles. The minimum absolute atomic E-state index is 1.25. The maximum atomic E-state index is 2.42. The van der Waals surface area contributed by atoms with Gasteiger partial charge in [0.15, 0.2) is 0 Å². The summed E-state index contributed by atoms with van der Waals surface area (Å²) in [6.07, 6.45) is 0. The molecule has 0 atom stereocenters. The van der Waals surface area contributed by atoms with Gasteiger partial charge in [0.25, 0.3) is 0 Å². The van der Waals surface area contributed by atoms with Crippen molar-refractivity contribution in [3.05, 3.63) is 182 Å². The molecule has 12 rings (SSSR count). The molecule has 0 heterocycles. The van der Waals surface area contributed by atoms with E-state index in [1.165, 1.54) is 120 Å². The van der Waals surface area contributed by atoms with E-state index in [2.05, 4.69) is 182 Å². The molecule has 238 valence electrons. The lowest BCUT2D eigenvalue weighted by molar-refractivity contribution is 1.64. The number of fused-ring (bicyclic) bond motifs is 2. The van der Waals surface area contributed by atoms with Crippen LogP contribution in [0.3, 0.4) is 0 Å². The van der Waals surface area contributed by atoms with Crippen molar-refractivity contribution in [1.82, 2.24) is 0 Å². The van der Waals surface area contributed by atoms with E-state index in [-0.39, 0.29) is 0 Å². The van der Waals surface area contributed by atoms with Gasteiger partial charge in [0.1, 0.15) is 0 Å². The van der Waals surface area contributed by atoms with Gasteiger partial charge in [-0.2, -0.15) is 0 Å². The summed E-state index contributed by atoms with van der Waals surface area (Å²) >= 11 is 0. The molecule has 0 unspecified atom stereocenters. The van der Waals surface area contributed by atoms with E-state index in [0.29, 0.717) is 0 Å². The first-order valence-corrected chi connectivity index (χ1v) is 18.2. The second-order valence-electron chi connectivity index (χ2n) is 14.4. The van der Waals surface area contributed by atoms with Gasteiger partial charge >= 0.3 is 0 Å². The van der Waals surface area contributed by atoms with Gasteiger partial charge in [-0.1, -0.05) is 170 Å².